The molecule has 0 amide bonds. The van der Waals surface area contributed by atoms with Crippen LogP contribution in [0, 0.1) is 47.4 Å². The molecule has 0 aromatic heterocycles. The molecule has 0 N–H and O–H groups in total. The van der Waals surface area contributed by atoms with Gasteiger partial charge in [0.2, 0.25) is 0 Å². The van der Waals surface area contributed by atoms with Crippen molar-refractivity contribution in [2.75, 3.05) is 0 Å². The van der Waals surface area contributed by atoms with Crippen LogP contribution in [-0.2, 0) is 20.9 Å². The molecule has 2 unspecified atom stereocenters. The molecule has 0 aliphatic heterocycles. The van der Waals surface area contributed by atoms with E-state index in [0.717, 1.165) is 6.92 Å². The van der Waals surface area contributed by atoms with Crippen LogP contribution in [0.15, 0.2) is 11.6 Å². The second-order valence-corrected chi connectivity index (χ2v) is 6.82. The number of rotatable bonds is 5. The summed E-state index contributed by atoms with van der Waals surface area (Å²) >= 11 is 0. The molecule has 0 heterocycles. The molecule has 0 saturated heterocycles. The van der Waals surface area contributed by atoms with E-state index in [0.29, 0.717) is 11.9 Å². The summed E-state index contributed by atoms with van der Waals surface area (Å²) in [6.07, 6.45) is 2.28. The minimum atomic E-state index is -1.58. The maximum atomic E-state index is 13.8. The van der Waals surface area contributed by atoms with Crippen molar-refractivity contribution in [1.29, 1.82) is 0 Å². The molecule has 0 spiro atoms. The van der Waals surface area contributed by atoms with Crippen molar-refractivity contribution >= 4 is 12.3 Å². The SMILES string of the molecule is C/C(C=O)=C\C1C(C(=O)OCc2c(F)c(F)c(C)c(F)c2F)C1(C)C. The van der Waals surface area contributed by atoms with Crippen LogP contribution in [-0.4, -0.2) is 12.3 Å². The zero-order chi connectivity index (χ0) is 19.1. The predicted molar refractivity (Wildman–Crippen MR) is 81.4 cm³/mol. The maximum Gasteiger partial charge on any atom is 0.310 e. The first kappa shape index (κ1) is 19.1. The van der Waals surface area contributed by atoms with Gasteiger partial charge in [0.05, 0.1) is 11.5 Å². The normalized spacial score (nSPS) is 21.8. The van der Waals surface area contributed by atoms with Crippen molar-refractivity contribution < 1.29 is 31.9 Å². The largest absolute Gasteiger partial charge is 0.460 e. The Morgan fingerprint density at radius 2 is 1.64 bits per heavy atom. The Morgan fingerprint density at radius 1 is 1.12 bits per heavy atom. The van der Waals surface area contributed by atoms with Gasteiger partial charge in [0, 0.05) is 5.56 Å². The summed E-state index contributed by atoms with van der Waals surface area (Å²) in [6, 6.07) is 0. The number of carbonyl (C=O) groups excluding carboxylic acids is 2. The molecule has 136 valence electrons. The highest BCUT2D eigenvalue weighted by Gasteiger charge is 2.61. The summed E-state index contributed by atoms with van der Waals surface area (Å²) in [6.45, 7) is 5.15. The molecule has 1 saturated carbocycles. The third-order valence-electron chi connectivity index (χ3n) is 4.73. The second kappa shape index (κ2) is 6.61. The number of ether oxygens (including phenoxy) is 1. The third-order valence-corrected chi connectivity index (χ3v) is 4.73. The molecular formula is C18H18F4O3. The smallest absolute Gasteiger partial charge is 0.310 e. The van der Waals surface area contributed by atoms with Gasteiger partial charge in [-0.05, 0) is 30.8 Å². The van der Waals surface area contributed by atoms with E-state index in [4.69, 9.17) is 4.74 Å². The number of aldehydes is 1. The van der Waals surface area contributed by atoms with Crippen molar-refractivity contribution in [2.45, 2.75) is 34.3 Å². The lowest BCUT2D eigenvalue weighted by atomic mass is 10.1. The quantitative estimate of drug-likeness (QED) is 0.263. The number of halogens is 4. The van der Waals surface area contributed by atoms with Crippen LogP contribution in [0.3, 0.4) is 0 Å². The van der Waals surface area contributed by atoms with Gasteiger partial charge >= 0.3 is 5.97 Å². The van der Waals surface area contributed by atoms with E-state index in [9.17, 15) is 27.2 Å². The van der Waals surface area contributed by atoms with Crippen LogP contribution in [0.4, 0.5) is 17.6 Å². The minimum absolute atomic E-state index is 0.258. The Kier molecular flexibility index (Phi) is 5.06. The molecule has 0 bridgehead atoms. The second-order valence-electron chi connectivity index (χ2n) is 6.82. The topological polar surface area (TPSA) is 43.4 Å². The molecule has 25 heavy (non-hydrogen) atoms. The first-order chi connectivity index (χ1) is 11.5. The highest BCUT2D eigenvalue weighted by molar-refractivity contribution is 5.79. The summed E-state index contributed by atoms with van der Waals surface area (Å²) in [5, 5.41) is 0. The van der Waals surface area contributed by atoms with E-state index < -0.39 is 58.3 Å². The Bertz CT molecular complexity index is 739. The van der Waals surface area contributed by atoms with E-state index in [2.05, 4.69) is 0 Å². The first-order valence-electron chi connectivity index (χ1n) is 7.65. The summed E-state index contributed by atoms with van der Waals surface area (Å²) < 4.78 is 59.5. The number of esters is 1. The highest BCUT2D eigenvalue weighted by atomic mass is 19.2. The van der Waals surface area contributed by atoms with E-state index in [1.54, 1.807) is 26.8 Å². The van der Waals surface area contributed by atoms with Crippen molar-refractivity contribution in [3.63, 3.8) is 0 Å². The zero-order valence-corrected chi connectivity index (χ0v) is 14.3. The van der Waals surface area contributed by atoms with Gasteiger partial charge in [-0.2, -0.15) is 0 Å². The number of allylic oxidation sites excluding steroid dienone is 2. The number of hydrogen-bond donors (Lipinski definition) is 0. The molecule has 3 nitrogen and oxygen atoms in total. The van der Waals surface area contributed by atoms with Gasteiger partial charge in [-0.25, -0.2) is 17.6 Å². The average molecular weight is 358 g/mol. The Labute approximate surface area is 142 Å². The van der Waals surface area contributed by atoms with Crippen LogP contribution < -0.4 is 0 Å². The van der Waals surface area contributed by atoms with Gasteiger partial charge in [-0.3, -0.25) is 9.59 Å². The molecule has 7 heteroatoms. The number of carbonyl (C=O) groups is 2. The molecule has 1 aromatic rings. The highest BCUT2D eigenvalue weighted by Crippen LogP contribution is 2.59. The van der Waals surface area contributed by atoms with E-state index in [1.807, 2.05) is 0 Å². The fraction of sp³-hybridized carbons (Fsp3) is 0.444. The first-order valence-corrected chi connectivity index (χ1v) is 7.65. The molecule has 1 aliphatic rings. The number of benzene rings is 1. The van der Waals surface area contributed by atoms with Crippen LogP contribution in [0.2, 0.25) is 0 Å². The van der Waals surface area contributed by atoms with E-state index in [-0.39, 0.29) is 5.92 Å². The number of hydrogen-bond acceptors (Lipinski definition) is 3. The summed E-state index contributed by atoms with van der Waals surface area (Å²) in [7, 11) is 0. The van der Waals surface area contributed by atoms with Crippen molar-refractivity contribution in [2.24, 2.45) is 17.3 Å². The third kappa shape index (κ3) is 3.32. The van der Waals surface area contributed by atoms with Crippen LogP contribution in [0.25, 0.3) is 0 Å². The molecule has 1 fully saturated rings. The van der Waals surface area contributed by atoms with Gasteiger partial charge in [-0.1, -0.05) is 19.9 Å². The average Bonchev–Trinajstić information content (AvgIpc) is 3.10. The summed E-state index contributed by atoms with van der Waals surface area (Å²) in [5.41, 5.74) is -1.78. The monoisotopic (exact) mass is 358 g/mol. The zero-order valence-electron chi connectivity index (χ0n) is 14.3. The van der Waals surface area contributed by atoms with Crippen molar-refractivity contribution in [1.82, 2.24) is 0 Å². The predicted octanol–water partition coefficient (Wildman–Crippen LogP) is 4.01. The maximum absolute atomic E-state index is 13.8. The van der Waals surface area contributed by atoms with Crippen LogP contribution >= 0.6 is 0 Å². The fourth-order valence-electron chi connectivity index (χ4n) is 2.91. The molecule has 0 radical (unpaired) electrons. The lowest BCUT2D eigenvalue weighted by molar-refractivity contribution is -0.147. The van der Waals surface area contributed by atoms with Gasteiger partial charge in [0.25, 0.3) is 0 Å². The molecule has 1 aromatic carbocycles. The van der Waals surface area contributed by atoms with Crippen molar-refractivity contribution in [3.05, 3.63) is 46.0 Å². The van der Waals surface area contributed by atoms with Gasteiger partial charge < -0.3 is 4.74 Å². The Morgan fingerprint density at radius 3 is 2.12 bits per heavy atom. The van der Waals surface area contributed by atoms with E-state index >= 15 is 0 Å². The Hall–Kier alpha value is -2.18. The van der Waals surface area contributed by atoms with Gasteiger partial charge in [0.15, 0.2) is 23.3 Å². The lowest BCUT2D eigenvalue weighted by Crippen LogP contribution is -2.14. The van der Waals surface area contributed by atoms with Gasteiger partial charge in [-0.15, -0.1) is 0 Å². The van der Waals surface area contributed by atoms with E-state index in [1.165, 1.54) is 0 Å². The molecule has 1 aliphatic carbocycles. The molecule has 2 atom stereocenters. The Balaban J connectivity index is 2.16. The minimum Gasteiger partial charge on any atom is -0.460 e. The van der Waals surface area contributed by atoms with Crippen LogP contribution in [0.1, 0.15) is 31.9 Å². The van der Waals surface area contributed by atoms with Crippen LogP contribution in [0.5, 0.6) is 0 Å². The molecule has 2 rings (SSSR count). The summed E-state index contributed by atoms with van der Waals surface area (Å²) in [4.78, 5) is 22.9. The standard InChI is InChI=1S/C18H18F4O3/c1-8(6-23)5-11-12(18(11,3)4)17(24)25-7-10-15(21)13(19)9(2)14(20)16(10)22/h5-6,11-12H,7H2,1-4H3/b8-5+. The van der Waals surface area contributed by atoms with Crippen molar-refractivity contribution in [3.8, 4) is 0 Å². The van der Waals surface area contributed by atoms with Gasteiger partial charge in [0.1, 0.15) is 12.9 Å². The summed E-state index contributed by atoms with van der Waals surface area (Å²) in [5.74, 6) is -7.79. The fourth-order valence-corrected chi connectivity index (χ4v) is 2.91. The lowest BCUT2D eigenvalue weighted by Gasteiger charge is -2.10. The molecular weight excluding hydrogens is 340 g/mol.